The van der Waals surface area contributed by atoms with E-state index >= 15 is 0 Å². The fourth-order valence-corrected chi connectivity index (χ4v) is 4.20. The molecule has 180 valence electrons. The molecule has 2 amide bonds. The molecule has 0 saturated heterocycles. The Labute approximate surface area is 206 Å². The van der Waals surface area contributed by atoms with Gasteiger partial charge in [-0.05, 0) is 60.7 Å². The zero-order valence-corrected chi connectivity index (χ0v) is 20.9. The second-order valence-electron chi connectivity index (χ2n) is 9.10. The number of amides is 2. The van der Waals surface area contributed by atoms with Crippen LogP contribution >= 0.6 is 0 Å². The number of para-hydroxylation sites is 2. The number of anilines is 1. The zero-order chi connectivity index (χ0) is 25.1. The van der Waals surface area contributed by atoms with Gasteiger partial charge in [0.1, 0.15) is 5.82 Å². The molecule has 3 aromatic carbocycles. The standard InChI is InChI=1S/C29H32N4O2/c1-6-21-11-7-10-14-26(21)33-27(31-25-13-9-8-12-24(25)28(33)34)20(4)32(5)29(35)30-23-17-15-22(16-18-23)19(2)3/h7-20H,6H2,1-5H3,(H,30,35). The number of fused-ring (bicyclic) bond motifs is 1. The van der Waals surface area contributed by atoms with Crippen molar-refractivity contribution in [2.24, 2.45) is 0 Å². The summed E-state index contributed by atoms with van der Waals surface area (Å²) in [5.41, 5.74) is 4.23. The average Bonchev–Trinajstić information content (AvgIpc) is 2.88. The summed E-state index contributed by atoms with van der Waals surface area (Å²) >= 11 is 0. The molecule has 1 atom stereocenters. The number of carbonyl (C=O) groups excluding carboxylic acids is 1. The van der Waals surface area contributed by atoms with Gasteiger partial charge in [0, 0.05) is 12.7 Å². The monoisotopic (exact) mass is 468 g/mol. The Kier molecular flexibility index (Phi) is 7.01. The van der Waals surface area contributed by atoms with Crippen LogP contribution in [-0.4, -0.2) is 27.5 Å². The van der Waals surface area contributed by atoms with Crippen molar-refractivity contribution in [2.45, 2.75) is 46.1 Å². The van der Waals surface area contributed by atoms with E-state index in [4.69, 9.17) is 4.98 Å². The van der Waals surface area contributed by atoms with Gasteiger partial charge in [-0.25, -0.2) is 9.78 Å². The van der Waals surface area contributed by atoms with Crippen molar-refractivity contribution in [3.05, 3.63) is 100 Å². The second kappa shape index (κ2) is 10.1. The third-order valence-electron chi connectivity index (χ3n) is 6.52. The minimum Gasteiger partial charge on any atom is -0.318 e. The van der Waals surface area contributed by atoms with Crippen LogP contribution in [-0.2, 0) is 6.42 Å². The maximum atomic E-state index is 13.7. The van der Waals surface area contributed by atoms with Gasteiger partial charge in [0.15, 0.2) is 0 Å². The van der Waals surface area contributed by atoms with Gasteiger partial charge in [-0.3, -0.25) is 9.36 Å². The Morgan fingerprint density at radius 2 is 1.63 bits per heavy atom. The Morgan fingerprint density at radius 1 is 0.971 bits per heavy atom. The third kappa shape index (κ3) is 4.83. The van der Waals surface area contributed by atoms with Gasteiger partial charge in [-0.2, -0.15) is 0 Å². The molecule has 4 aromatic rings. The van der Waals surface area contributed by atoms with E-state index in [-0.39, 0.29) is 11.6 Å². The molecule has 0 aliphatic rings. The van der Waals surface area contributed by atoms with E-state index in [9.17, 15) is 9.59 Å². The van der Waals surface area contributed by atoms with Crippen molar-refractivity contribution in [3.63, 3.8) is 0 Å². The van der Waals surface area contributed by atoms with Crippen LogP contribution in [0.2, 0.25) is 0 Å². The number of aryl methyl sites for hydroxylation is 1. The molecular weight excluding hydrogens is 436 g/mol. The van der Waals surface area contributed by atoms with E-state index in [0.29, 0.717) is 22.6 Å². The van der Waals surface area contributed by atoms with Gasteiger partial charge in [-0.1, -0.05) is 63.2 Å². The molecule has 0 spiro atoms. The lowest BCUT2D eigenvalue weighted by atomic mass is 10.0. The van der Waals surface area contributed by atoms with Crippen molar-refractivity contribution >= 4 is 22.6 Å². The highest BCUT2D eigenvalue weighted by Gasteiger charge is 2.25. The van der Waals surface area contributed by atoms with E-state index in [1.54, 1.807) is 22.6 Å². The number of aromatic nitrogens is 2. The quantitative estimate of drug-likeness (QED) is 0.361. The van der Waals surface area contributed by atoms with Gasteiger partial charge in [0.05, 0.1) is 22.6 Å². The summed E-state index contributed by atoms with van der Waals surface area (Å²) in [7, 11) is 1.72. The molecule has 0 bridgehead atoms. The van der Waals surface area contributed by atoms with Crippen molar-refractivity contribution in [1.82, 2.24) is 14.5 Å². The molecule has 0 aliphatic heterocycles. The molecule has 6 heteroatoms. The number of hydrogen-bond acceptors (Lipinski definition) is 3. The molecule has 6 nitrogen and oxygen atoms in total. The number of urea groups is 1. The van der Waals surface area contributed by atoms with Crippen LogP contribution < -0.4 is 10.9 Å². The summed E-state index contributed by atoms with van der Waals surface area (Å²) in [4.78, 5) is 33.3. The van der Waals surface area contributed by atoms with Crippen molar-refractivity contribution < 1.29 is 4.79 Å². The van der Waals surface area contributed by atoms with Gasteiger partial charge in [0.25, 0.3) is 5.56 Å². The first-order chi connectivity index (χ1) is 16.8. The molecule has 0 fully saturated rings. The summed E-state index contributed by atoms with van der Waals surface area (Å²) in [6.07, 6.45) is 0.770. The van der Waals surface area contributed by atoms with Crippen molar-refractivity contribution in [2.75, 3.05) is 12.4 Å². The SMILES string of the molecule is CCc1ccccc1-n1c(C(C)N(C)C(=O)Nc2ccc(C(C)C)cc2)nc2ccccc2c1=O. The molecule has 0 saturated carbocycles. The summed E-state index contributed by atoms with van der Waals surface area (Å²) in [6, 6.07) is 22.3. The molecule has 1 aromatic heterocycles. The van der Waals surface area contributed by atoms with Gasteiger partial charge in [0.2, 0.25) is 0 Å². The highest BCUT2D eigenvalue weighted by molar-refractivity contribution is 5.89. The van der Waals surface area contributed by atoms with Crippen molar-refractivity contribution in [3.8, 4) is 5.69 Å². The Balaban J connectivity index is 1.75. The van der Waals surface area contributed by atoms with E-state index in [0.717, 1.165) is 23.4 Å². The molecule has 0 aliphatic carbocycles. The van der Waals surface area contributed by atoms with Gasteiger partial charge in [-0.15, -0.1) is 0 Å². The van der Waals surface area contributed by atoms with Gasteiger partial charge < -0.3 is 10.2 Å². The molecular formula is C29H32N4O2. The topological polar surface area (TPSA) is 67.2 Å². The minimum absolute atomic E-state index is 0.142. The van der Waals surface area contributed by atoms with E-state index < -0.39 is 6.04 Å². The second-order valence-corrected chi connectivity index (χ2v) is 9.10. The fourth-order valence-electron chi connectivity index (χ4n) is 4.20. The largest absolute Gasteiger partial charge is 0.322 e. The predicted octanol–water partition coefficient (Wildman–Crippen LogP) is 6.30. The Bertz CT molecular complexity index is 1410. The van der Waals surface area contributed by atoms with E-state index in [2.05, 4.69) is 26.1 Å². The first-order valence-electron chi connectivity index (χ1n) is 12.1. The zero-order valence-electron chi connectivity index (χ0n) is 20.9. The normalized spacial score (nSPS) is 12.1. The number of hydrogen-bond donors (Lipinski definition) is 1. The lowest BCUT2D eigenvalue weighted by molar-refractivity contribution is 0.205. The highest BCUT2D eigenvalue weighted by Crippen LogP contribution is 2.25. The van der Waals surface area contributed by atoms with Crippen LogP contribution in [0.4, 0.5) is 10.5 Å². The van der Waals surface area contributed by atoms with Crippen LogP contribution in [0.3, 0.4) is 0 Å². The van der Waals surface area contributed by atoms with Crippen LogP contribution in [0.1, 0.15) is 56.6 Å². The van der Waals surface area contributed by atoms with Crippen LogP contribution in [0.15, 0.2) is 77.6 Å². The molecule has 0 radical (unpaired) electrons. The maximum Gasteiger partial charge on any atom is 0.322 e. The summed E-state index contributed by atoms with van der Waals surface area (Å²) in [5, 5.41) is 3.51. The molecule has 1 heterocycles. The third-order valence-corrected chi connectivity index (χ3v) is 6.52. The number of rotatable bonds is 6. The molecule has 35 heavy (non-hydrogen) atoms. The first-order valence-corrected chi connectivity index (χ1v) is 12.1. The smallest absolute Gasteiger partial charge is 0.318 e. The molecule has 1 N–H and O–H groups in total. The van der Waals surface area contributed by atoms with E-state index in [1.807, 2.05) is 73.7 Å². The number of benzene rings is 3. The van der Waals surface area contributed by atoms with E-state index in [1.165, 1.54) is 5.56 Å². The fraction of sp³-hybridized carbons (Fsp3) is 0.276. The lowest BCUT2D eigenvalue weighted by Crippen LogP contribution is -2.37. The summed E-state index contributed by atoms with van der Waals surface area (Å²) in [6.45, 7) is 8.22. The predicted molar refractivity (Wildman–Crippen MR) is 142 cm³/mol. The van der Waals surface area contributed by atoms with Crippen molar-refractivity contribution in [1.29, 1.82) is 0 Å². The Hall–Kier alpha value is -3.93. The highest BCUT2D eigenvalue weighted by atomic mass is 16.2. The average molecular weight is 469 g/mol. The van der Waals surface area contributed by atoms with Crippen LogP contribution in [0.5, 0.6) is 0 Å². The molecule has 4 rings (SSSR count). The molecule has 1 unspecified atom stereocenters. The summed E-state index contributed by atoms with van der Waals surface area (Å²) < 4.78 is 1.66. The number of carbonyl (C=O) groups is 1. The summed E-state index contributed by atoms with van der Waals surface area (Å²) in [5.74, 6) is 0.937. The Morgan fingerprint density at radius 3 is 2.31 bits per heavy atom. The minimum atomic E-state index is -0.466. The first kappa shape index (κ1) is 24.2. The van der Waals surface area contributed by atoms with Crippen LogP contribution in [0, 0.1) is 0 Å². The van der Waals surface area contributed by atoms with Gasteiger partial charge >= 0.3 is 6.03 Å². The van der Waals surface area contributed by atoms with Crippen LogP contribution in [0.25, 0.3) is 16.6 Å². The maximum absolute atomic E-state index is 13.7. The number of nitrogens with zero attached hydrogens (tertiary/aromatic N) is 3. The number of nitrogens with one attached hydrogen (secondary N) is 1. The lowest BCUT2D eigenvalue weighted by Gasteiger charge is -2.27.